The second-order valence-corrected chi connectivity index (χ2v) is 10.3. The van der Waals surface area contributed by atoms with Gasteiger partial charge in [-0.15, -0.1) is 0 Å². The molecule has 0 aliphatic carbocycles. The Morgan fingerprint density at radius 1 is 1.11 bits per heavy atom. The summed E-state index contributed by atoms with van der Waals surface area (Å²) in [6.45, 7) is 8.43. The summed E-state index contributed by atoms with van der Waals surface area (Å²) in [5, 5.41) is 8.02. The van der Waals surface area contributed by atoms with Crippen LogP contribution in [0.4, 0.5) is 14.9 Å². The minimum atomic E-state index is -0.567. The number of anilines is 1. The standard InChI is InChI=1S/C27H30ClFN4O3/c1-17-22(28)6-5-7-23(17)33-24(18-12-14-32(15-13-18)26(35)36-27(2,3)4)21(16-30-33)25(34)31-20-10-8-19(29)9-11-20/h5-11,16,18H,12-15H2,1-4H3,(H,31,34). The van der Waals surface area contributed by atoms with E-state index in [0.717, 1.165) is 16.9 Å². The normalized spacial score (nSPS) is 14.6. The molecule has 3 aromatic rings. The van der Waals surface area contributed by atoms with E-state index in [1.165, 1.54) is 24.3 Å². The van der Waals surface area contributed by atoms with Gasteiger partial charge in [-0.3, -0.25) is 4.79 Å². The van der Waals surface area contributed by atoms with Crippen molar-refractivity contribution in [2.24, 2.45) is 0 Å². The second kappa shape index (κ2) is 10.3. The van der Waals surface area contributed by atoms with E-state index in [9.17, 15) is 14.0 Å². The first-order valence-corrected chi connectivity index (χ1v) is 12.3. The van der Waals surface area contributed by atoms with E-state index in [1.54, 1.807) is 15.8 Å². The van der Waals surface area contributed by atoms with E-state index < -0.39 is 5.60 Å². The Labute approximate surface area is 215 Å². The van der Waals surface area contributed by atoms with Crippen LogP contribution in [0.25, 0.3) is 5.69 Å². The first kappa shape index (κ1) is 25.7. The molecule has 4 rings (SSSR count). The van der Waals surface area contributed by atoms with E-state index in [0.29, 0.717) is 42.2 Å². The number of nitrogens with one attached hydrogen (secondary N) is 1. The molecule has 1 aliphatic rings. The number of likely N-dealkylation sites (tertiary alicyclic amines) is 1. The Morgan fingerprint density at radius 2 is 1.78 bits per heavy atom. The number of hydrogen-bond acceptors (Lipinski definition) is 4. The molecule has 9 heteroatoms. The Morgan fingerprint density at radius 3 is 2.42 bits per heavy atom. The zero-order valence-electron chi connectivity index (χ0n) is 20.8. The van der Waals surface area contributed by atoms with Crippen LogP contribution >= 0.6 is 11.6 Å². The zero-order chi connectivity index (χ0) is 26.0. The van der Waals surface area contributed by atoms with Crippen LogP contribution in [0.1, 0.15) is 61.1 Å². The lowest BCUT2D eigenvalue weighted by Gasteiger charge is -2.34. The Hall–Kier alpha value is -3.39. The maximum Gasteiger partial charge on any atom is 0.410 e. The van der Waals surface area contributed by atoms with E-state index in [2.05, 4.69) is 10.4 Å². The largest absolute Gasteiger partial charge is 0.444 e. The van der Waals surface area contributed by atoms with E-state index in [4.69, 9.17) is 16.3 Å². The summed E-state index contributed by atoms with van der Waals surface area (Å²) in [5.41, 5.74) is 2.73. The molecule has 1 fully saturated rings. The summed E-state index contributed by atoms with van der Waals surface area (Å²) in [5.74, 6) is -0.745. The molecule has 2 amide bonds. The molecule has 0 unspecified atom stereocenters. The number of carbonyl (C=O) groups excluding carboxylic acids is 2. The molecule has 0 saturated carbocycles. The van der Waals surface area contributed by atoms with Crippen LogP contribution in [-0.4, -0.2) is 45.4 Å². The third kappa shape index (κ3) is 5.70. The first-order valence-electron chi connectivity index (χ1n) is 11.9. The number of nitrogens with zero attached hydrogens (tertiary/aromatic N) is 3. The third-order valence-electron chi connectivity index (χ3n) is 6.15. The van der Waals surface area contributed by atoms with Crippen LogP contribution in [0.3, 0.4) is 0 Å². The third-order valence-corrected chi connectivity index (χ3v) is 6.56. The Bertz CT molecular complexity index is 1260. The summed E-state index contributed by atoms with van der Waals surface area (Å²) in [6.07, 6.45) is 2.49. The zero-order valence-corrected chi connectivity index (χ0v) is 21.6. The van der Waals surface area contributed by atoms with Gasteiger partial charge in [0, 0.05) is 29.7 Å². The molecular weight excluding hydrogens is 483 g/mol. The number of ether oxygens (including phenoxy) is 1. The second-order valence-electron chi connectivity index (χ2n) is 9.94. The predicted molar refractivity (Wildman–Crippen MR) is 137 cm³/mol. The summed E-state index contributed by atoms with van der Waals surface area (Å²) in [7, 11) is 0. The molecule has 2 aromatic carbocycles. The van der Waals surface area contributed by atoms with Crippen LogP contribution in [0.15, 0.2) is 48.7 Å². The summed E-state index contributed by atoms with van der Waals surface area (Å²) in [6, 6.07) is 11.2. The van der Waals surface area contributed by atoms with E-state index >= 15 is 0 Å². The van der Waals surface area contributed by atoms with Crippen LogP contribution in [0, 0.1) is 12.7 Å². The fourth-order valence-electron chi connectivity index (χ4n) is 4.34. The molecule has 1 aliphatic heterocycles. The van der Waals surface area contributed by atoms with Crippen molar-refractivity contribution >= 4 is 29.3 Å². The maximum atomic E-state index is 13.3. The molecular formula is C27H30ClFN4O3. The van der Waals surface area contributed by atoms with Gasteiger partial charge >= 0.3 is 6.09 Å². The summed E-state index contributed by atoms with van der Waals surface area (Å²) in [4.78, 5) is 27.6. The molecule has 1 aromatic heterocycles. The Kier molecular flexibility index (Phi) is 7.36. The molecule has 7 nitrogen and oxygen atoms in total. The van der Waals surface area contributed by atoms with Gasteiger partial charge < -0.3 is 15.0 Å². The van der Waals surface area contributed by atoms with Gasteiger partial charge in [-0.1, -0.05) is 17.7 Å². The number of halogens is 2. The van der Waals surface area contributed by atoms with Crippen molar-refractivity contribution in [3.8, 4) is 5.69 Å². The smallest absolute Gasteiger partial charge is 0.410 e. The van der Waals surface area contributed by atoms with Crippen molar-refractivity contribution in [3.05, 3.63) is 76.3 Å². The van der Waals surface area contributed by atoms with Crippen molar-refractivity contribution in [1.82, 2.24) is 14.7 Å². The number of piperidine rings is 1. The summed E-state index contributed by atoms with van der Waals surface area (Å²) >= 11 is 6.39. The van der Waals surface area contributed by atoms with Crippen molar-refractivity contribution in [3.63, 3.8) is 0 Å². The number of rotatable bonds is 4. The molecule has 190 valence electrons. The van der Waals surface area contributed by atoms with Gasteiger partial charge in [0.1, 0.15) is 11.4 Å². The molecule has 0 atom stereocenters. The molecule has 1 N–H and O–H groups in total. The maximum absolute atomic E-state index is 13.3. The van der Waals surface area contributed by atoms with Gasteiger partial charge in [0.25, 0.3) is 5.91 Å². The van der Waals surface area contributed by atoms with Crippen molar-refractivity contribution in [2.45, 2.75) is 52.1 Å². The summed E-state index contributed by atoms with van der Waals surface area (Å²) < 4.78 is 20.6. The van der Waals surface area contributed by atoms with Crippen LogP contribution < -0.4 is 5.32 Å². The fourth-order valence-corrected chi connectivity index (χ4v) is 4.51. The molecule has 1 saturated heterocycles. The van der Waals surface area contributed by atoms with Gasteiger partial charge in [0.15, 0.2) is 0 Å². The topological polar surface area (TPSA) is 76.5 Å². The highest BCUT2D eigenvalue weighted by Crippen LogP contribution is 2.34. The number of amides is 2. The van der Waals surface area contributed by atoms with Gasteiger partial charge in [0.2, 0.25) is 0 Å². The van der Waals surface area contributed by atoms with Gasteiger partial charge in [0.05, 0.1) is 23.1 Å². The quantitative estimate of drug-likeness (QED) is 0.442. The lowest BCUT2D eigenvalue weighted by Crippen LogP contribution is -2.41. The average molecular weight is 513 g/mol. The number of hydrogen-bond donors (Lipinski definition) is 1. The van der Waals surface area contributed by atoms with Crippen molar-refractivity contribution in [1.29, 1.82) is 0 Å². The fraction of sp³-hybridized carbons (Fsp3) is 0.370. The number of benzene rings is 2. The average Bonchev–Trinajstić information content (AvgIpc) is 3.26. The molecule has 0 spiro atoms. The lowest BCUT2D eigenvalue weighted by atomic mass is 9.90. The highest BCUT2D eigenvalue weighted by atomic mass is 35.5. The minimum absolute atomic E-state index is 0.0291. The Balaban J connectivity index is 1.65. The van der Waals surface area contributed by atoms with Crippen LogP contribution in [-0.2, 0) is 4.74 Å². The van der Waals surface area contributed by atoms with Gasteiger partial charge in [-0.25, -0.2) is 13.9 Å². The van der Waals surface area contributed by atoms with Crippen LogP contribution in [0.2, 0.25) is 5.02 Å². The minimum Gasteiger partial charge on any atom is -0.444 e. The monoisotopic (exact) mass is 512 g/mol. The SMILES string of the molecule is Cc1c(Cl)cccc1-n1ncc(C(=O)Nc2ccc(F)cc2)c1C1CCN(C(=O)OC(C)(C)C)CC1. The van der Waals surface area contributed by atoms with E-state index in [-0.39, 0.29) is 23.7 Å². The van der Waals surface area contributed by atoms with Crippen LogP contribution in [0.5, 0.6) is 0 Å². The van der Waals surface area contributed by atoms with Gasteiger partial charge in [-0.2, -0.15) is 5.10 Å². The number of carbonyl (C=O) groups is 2. The van der Waals surface area contributed by atoms with E-state index in [1.807, 2.05) is 45.9 Å². The van der Waals surface area contributed by atoms with Gasteiger partial charge in [-0.05, 0) is 82.5 Å². The highest BCUT2D eigenvalue weighted by Gasteiger charge is 2.32. The molecule has 0 radical (unpaired) electrons. The molecule has 36 heavy (non-hydrogen) atoms. The molecule has 0 bridgehead atoms. The van der Waals surface area contributed by atoms with Crippen molar-refractivity contribution < 1.29 is 18.7 Å². The first-order chi connectivity index (χ1) is 17.0. The number of aromatic nitrogens is 2. The lowest BCUT2D eigenvalue weighted by molar-refractivity contribution is 0.0203. The highest BCUT2D eigenvalue weighted by molar-refractivity contribution is 6.31. The van der Waals surface area contributed by atoms with Crippen molar-refractivity contribution in [2.75, 3.05) is 18.4 Å². The molecule has 2 heterocycles. The predicted octanol–water partition coefficient (Wildman–Crippen LogP) is 6.34.